The maximum absolute atomic E-state index is 12.7. The molecule has 1 N–H and O–H groups in total. The molecule has 0 fully saturated rings. The molecule has 4 rings (SSSR count). The van der Waals surface area contributed by atoms with Crippen molar-refractivity contribution < 1.29 is 17.6 Å². The number of methoxy groups -OCH3 is 1. The Hall–Kier alpha value is -3.29. The Bertz CT molecular complexity index is 1400. The van der Waals surface area contributed by atoms with Gasteiger partial charge in [0.05, 0.1) is 23.0 Å². The van der Waals surface area contributed by atoms with E-state index in [4.69, 9.17) is 20.8 Å². The minimum absolute atomic E-state index is 0.0607. The first-order valence-corrected chi connectivity index (χ1v) is 10.7. The van der Waals surface area contributed by atoms with Gasteiger partial charge < -0.3 is 9.15 Å². The van der Waals surface area contributed by atoms with Crippen molar-refractivity contribution in [2.45, 2.75) is 4.90 Å². The SMILES string of the molecule is COc1ccccc1-c1cc(=O)c2cc(NS(=O)(=O)c3ccc(Cl)cc3)ccc2o1. The summed E-state index contributed by atoms with van der Waals surface area (Å²) in [7, 11) is -2.29. The predicted octanol–water partition coefficient (Wildman–Crippen LogP) is 4.92. The average molecular weight is 442 g/mol. The third kappa shape index (κ3) is 3.90. The molecule has 0 saturated carbocycles. The van der Waals surface area contributed by atoms with Crippen LogP contribution in [0.25, 0.3) is 22.3 Å². The molecule has 0 bridgehead atoms. The van der Waals surface area contributed by atoms with Gasteiger partial charge in [0, 0.05) is 16.8 Å². The second-order valence-corrected chi connectivity index (χ2v) is 8.56. The summed E-state index contributed by atoms with van der Waals surface area (Å²) < 4.78 is 38.8. The number of benzene rings is 3. The Morgan fingerprint density at radius 2 is 1.70 bits per heavy atom. The molecule has 30 heavy (non-hydrogen) atoms. The van der Waals surface area contributed by atoms with Crippen LogP contribution < -0.4 is 14.9 Å². The summed E-state index contributed by atoms with van der Waals surface area (Å²) in [5, 5.41) is 0.688. The molecule has 1 aromatic heterocycles. The van der Waals surface area contributed by atoms with Crippen LogP contribution in [0, 0.1) is 0 Å². The van der Waals surface area contributed by atoms with E-state index in [2.05, 4.69) is 4.72 Å². The fourth-order valence-corrected chi connectivity index (χ4v) is 4.20. The van der Waals surface area contributed by atoms with Crippen LogP contribution in [0.3, 0.4) is 0 Å². The van der Waals surface area contributed by atoms with Gasteiger partial charge in [-0.05, 0) is 54.6 Å². The highest BCUT2D eigenvalue weighted by Gasteiger charge is 2.16. The smallest absolute Gasteiger partial charge is 0.261 e. The monoisotopic (exact) mass is 441 g/mol. The zero-order valence-corrected chi connectivity index (χ0v) is 17.3. The summed E-state index contributed by atoms with van der Waals surface area (Å²) in [4.78, 5) is 12.8. The van der Waals surface area contributed by atoms with Gasteiger partial charge in [-0.25, -0.2) is 8.42 Å². The van der Waals surface area contributed by atoms with Crippen molar-refractivity contribution >= 4 is 38.3 Å². The van der Waals surface area contributed by atoms with E-state index >= 15 is 0 Å². The number of hydrogen-bond donors (Lipinski definition) is 1. The van der Waals surface area contributed by atoms with E-state index in [0.29, 0.717) is 27.7 Å². The van der Waals surface area contributed by atoms with Crippen molar-refractivity contribution in [1.29, 1.82) is 0 Å². The second kappa shape index (κ2) is 7.85. The Morgan fingerprint density at radius 1 is 0.967 bits per heavy atom. The molecule has 0 aliphatic rings. The van der Waals surface area contributed by atoms with Crippen LogP contribution in [0.1, 0.15) is 0 Å². The molecule has 0 unspecified atom stereocenters. The van der Waals surface area contributed by atoms with Gasteiger partial charge in [-0.15, -0.1) is 0 Å². The number of halogens is 1. The molecule has 0 amide bonds. The van der Waals surface area contributed by atoms with Crippen LogP contribution in [-0.4, -0.2) is 15.5 Å². The molecule has 4 aromatic rings. The predicted molar refractivity (Wildman–Crippen MR) is 117 cm³/mol. The molecule has 152 valence electrons. The number of para-hydroxylation sites is 1. The molecular weight excluding hydrogens is 426 g/mol. The molecule has 1 heterocycles. The van der Waals surface area contributed by atoms with Gasteiger partial charge >= 0.3 is 0 Å². The molecule has 0 atom stereocenters. The third-order valence-electron chi connectivity index (χ3n) is 4.48. The van der Waals surface area contributed by atoms with Crippen LogP contribution in [0.2, 0.25) is 5.02 Å². The Kier molecular flexibility index (Phi) is 5.24. The largest absolute Gasteiger partial charge is 0.496 e. The molecule has 6 nitrogen and oxygen atoms in total. The van der Waals surface area contributed by atoms with Gasteiger partial charge in [0.1, 0.15) is 17.1 Å². The Balaban J connectivity index is 1.73. The van der Waals surface area contributed by atoms with Crippen LogP contribution >= 0.6 is 11.6 Å². The Morgan fingerprint density at radius 3 is 2.43 bits per heavy atom. The summed E-state index contributed by atoms with van der Waals surface area (Å²) in [6.45, 7) is 0. The highest BCUT2D eigenvalue weighted by molar-refractivity contribution is 7.92. The van der Waals surface area contributed by atoms with E-state index in [1.165, 1.54) is 49.6 Å². The molecule has 0 spiro atoms. The maximum atomic E-state index is 12.7. The van der Waals surface area contributed by atoms with Gasteiger partial charge in [-0.1, -0.05) is 23.7 Å². The van der Waals surface area contributed by atoms with E-state index < -0.39 is 10.0 Å². The molecule has 0 radical (unpaired) electrons. The minimum Gasteiger partial charge on any atom is -0.496 e. The lowest BCUT2D eigenvalue weighted by atomic mass is 10.1. The number of sulfonamides is 1. The van der Waals surface area contributed by atoms with Crippen molar-refractivity contribution in [3.63, 3.8) is 0 Å². The molecule has 0 aliphatic carbocycles. The number of anilines is 1. The zero-order valence-electron chi connectivity index (χ0n) is 15.8. The van der Waals surface area contributed by atoms with Crippen LogP contribution in [0.4, 0.5) is 5.69 Å². The highest BCUT2D eigenvalue weighted by atomic mass is 35.5. The van der Waals surface area contributed by atoms with Crippen molar-refractivity contribution in [3.05, 3.63) is 88.0 Å². The lowest BCUT2D eigenvalue weighted by molar-refractivity contribution is 0.415. The molecular formula is C22H16ClNO5S. The third-order valence-corrected chi connectivity index (χ3v) is 6.12. The molecule has 0 saturated heterocycles. The summed E-state index contributed by atoms with van der Waals surface area (Å²) in [6, 6.07) is 18.9. The zero-order chi connectivity index (χ0) is 21.3. The van der Waals surface area contributed by atoms with Crippen LogP contribution in [-0.2, 0) is 10.0 Å². The summed E-state index contributed by atoms with van der Waals surface area (Å²) in [5.41, 5.74) is 0.920. The van der Waals surface area contributed by atoms with Crippen molar-refractivity contribution in [2.75, 3.05) is 11.8 Å². The average Bonchev–Trinajstić information content (AvgIpc) is 2.74. The maximum Gasteiger partial charge on any atom is 0.261 e. The normalized spacial score (nSPS) is 11.4. The van der Waals surface area contributed by atoms with E-state index in [1.807, 2.05) is 12.1 Å². The first-order valence-electron chi connectivity index (χ1n) is 8.87. The Labute approximate surface area is 177 Å². The number of rotatable bonds is 5. The van der Waals surface area contributed by atoms with Gasteiger partial charge in [0.2, 0.25) is 0 Å². The first kappa shape index (κ1) is 20.0. The van der Waals surface area contributed by atoms with E-state index in [-0.39, 0.29) is 21.4 Å². The van der Waals surface area contributed by atoms with Crippen molar-refractivity contribution in [2.24, 2.45) is 0 Å². The second-order valence-electron chi connectivity index (χ2n) is 6.45. The lowest BCUT2D eigenvalue weighted by Crippen LogP contribution is -2.13. The topological polar surface area (TPSA) is 85.6 Å². The summed E-state index contributed by atoms with van der Waals surface area (Å²) >= 11 is 5.81. The molecule has 0 aliphatic heterocycles. The van der Waals surface area contributed by atoms with E-state index in [1.54, 1.807) is 18.2 Å². The lowest BCUT2D eigenvalue weighted by Gasteiger charge is -2.10. The molecule has 8 heteroatoms. The first-order chi connectivity index (χ1) is 14.4. The van der Waals surface area contributed by atoms with Crippen LogP contribution in [0.15, 0.2) is 86.9 Å². The van der Waals surface area contributed by atoms with Crippen LogP contribution in [0.5, 0.6) is 5.75 Å². The highest BCUT2D eigenvalue weighted by Crippen LogP contribution is 2.31. The standard InChI is InChI=1S/C22H16ClNO5S/c1-28-20-5-3-2-4-17(20)22-13-19(25)18-12-15(8-11-21(18)29-22)24-30(26,27)16-9-6-14(23)7-10-16/h2-13,24H,1H3. The van der Waals surface area contributed by atoms with Gasteiger partial charge in [0.15, 0.2) is 5.43 Å². The quantitative estimate of drug-likeness (QED) is 0.475. The van der Waals surface area contributed by atoms with Crippen molar-refractivity contribution in [1.82, 2.24) is 0 Å². The number of ether oxygens (including phenoxy) is 1. The minimum atomic E-state index is -3.83. The number of hydrogen-bond acceptors (Lipinski definition) is 5. The number of fused-ring (bicyclic) bond motifs is 1. The van der Waals surface area contributed by atoms with Gasteiger partial charge in [-0.2, -0.15) is 0 Å². The van der Waals surface area contributed by atoms with E-state index in [0.717, 1.165) is 0 Å². The van der Waals surface area contributed by atoms with E-state index in [9.17, 15) is 13.2 Å². The fraction of sp³-hybridized carbons (Fsp3) is 0.0455. The summed E-state index contributed by atoms with van der Waals surface area (Å²) in [6.07, 6.45) is 0. The summed E-state index contributed by atoms with van der Waals surface area (Å²) in [5.74, 6) is 0.937. The van der Waals surface area contributed by atoms with Crippen molar-refractivity contribution in [3.8, 4) is 17.1 Å². The van der Waals surface area contributed by atoms with Gasteiger partial charge in [-0.3, -0.25) is 9.52 Å². The van der Waals surface area contributed by atoms with Gasteiger partial charge in [0.25, 0.3) is 10.0 Å². The molecule has 3 aromatic carbocycles. The number of nitrogens with one attached hydrogen (secondary N) is 1. The fourth-order valence-electron chi connectivity index (χ4n) is 3.03.